The van der Waals surface area contributed by atoms with Crippen molar-refractivity contribution >= 4 is 22.7 Å². The molecule has 0 saturated carbocycles. The number of alkyl halides is 5. The summed E-state index contributed by atoms with van der Waals surface area (Å²) in [6.07, 6.45) is -6.40. The second-order valence-electron chi connectivity index (χ2n) is 9.11. The van der Waals surface area contributed by atoms with Gasteiger partial charge in [-0.05, 0) is 47.5 Å². The number of ketones is 1. The van der Waals surface area contributed by atoms with E-state index in [4.69, 9.17) is 4.42 Å². The van der Waals surface area contributed by atoms with Gasteiger partial charge in [-0.15, -0.1) is 0 Å². The third-order valence-corrected chi connectivity index (χ3v) is 5.92. The Kier molecular flexibility index (Phi) is 7.61. The lowest BCUT2D eigenvalue weighted by Crippen LogP contribution is -2.27. The van der Waals surface area contributed by atoms with Gasteiger partial charge in [0.25, 0.3) is 6.43 Å². The quantitative estimate of drug-likeness (QED) is 0.194. The number of aromatic nitrogens is 1. The minimum atomic E-state index is -4.45. The van der Waals surface area contributed by atoms with Gasteiger partial charge >= 0.3 is 6.18 Å². The molecule has 2 aromatic carbocycles. The maximum Gasteiger partial charge on any atom is 0.416 e. The average Bonchev–Trinajstić information content (AvgIpc) is 3.30. The smallest absolute Gasteiger partial charge is 0.416 e. The van der Waals surface area contributed by atoms with Gasteiger partial charge in [0, 0.05) is 41.6 Å². The fraction of sp³-hybridized carbons (Fsp3) is 0.250. The number of hydrogen-bond donors (Lipinski definition) is 1. The Labute approximate surface area is 214 Å². The van der Waals surface area contributed by atoms with Crippen LogP contribution in [0, 0.1) is 5.92 Å². The highest BCUT2D eigenvalue weighted by atomic mass is 19.4. The second-order valence-corrected chi connectivity index (χ2v) is 9.11. The normalized spacial score (nSPS) is 11.9. The van der Waals surface area contributed by atoms with E-state index in [2.05, 4.69) is 10.3 Å². The fourth-order valence-corrected chi connectivity index (χ4v) is 3.85. The molecule has 0 bridgehead atoms. The Morgan fingerprint density at radius 3 is 2.32 bits per heavy atom. The van der Waals surface area contributed by atoms with Crippen LogP contribution in [0.1, 0.15) is 53.0 Å². The van der Waals surface area contributed by atoms with Crippen LogP contribution in [0.5, 0.6) is 0 Å². The SMILES string of the molecule is CC(C)C(=O)NCc1cnc(C(F)F)c(C(=O)Cc2ccc3oc(-c4ccc(C(F)(F)F)cc4)cc3c2)c1. The number of nitrogens with one attached hydrogen (secondary N) is 1. The summed E-state index contributed by atoms with van der Waals surface area (Å²) in [6.45, 7) is 3.47. The summed E-state index contributed by atoms with van der Waals surface area (Å²) in [5.74, 6) is -0.713. The third kappa shape index (κ3) is 6.07. The van der Waals surface area contributed by atoms with Gasteiger partial charge in [0.15, 0.2) is 5.78 Å². The van der Waals surface area contributed by atoms with Crippen LogP contribution in [-0.2, 0) is 23.9 Å². The molecule has 0 aliphatic heterocycles. The number of Topliss-reactive ketones (excluding diaryl/α,β-unsaturated/α-hetero) is 1. The van der Waals surface area contributed by atoms with Crippen LogP contribution in [0.25, 0.3) is 22.3 Å². The Morgan fingerprint density at radius 1 is 0.974 bits per heavy atom. The van der Waals surface area contributed by atoms with Crippen LogP contribution in [0.3, 0.4) is 0 Å². The Morgan fingerprint density at radius 2 is 1.68 bits per heavy atom. The zero-order valence-corrected chi connectivity index (χ0v) is 20.4. The predicted molar refractivity (Wildman–Crippen MR) is 131 cm³/mol. The molecule has 1 amide bonds. The molecule has 0 aliphatic carbocycles. The standard InChI is InChI=1S/C28H23F5N2O3/c1-15(2)27(37)35-14-17-10-21(25(26(29)30)34-13-17)22(36)11-16-3-8-23-19(9-16)12-24(38-23)18-4-6-20(7-5-18)28(31,32)33/h3-10,12-13,15,26H,11,14H2,1-2H3,(H,35,37). The first-order valence-corrected chi connectivity index (χ1v) is 11.7. The molecule has 0 fully saturated rings. The highest BCUT2D eigenvalue weighted by Crippen LogP contribution is 2.33. The zero-order valence-electron chi connectivity index (χ0n) is 20.4. The molecule has 38 heavy (non-hydrogen) atoms. The van der Waals surface area contributed by atoms with E-state index in [1.54, 1.807) is 38.1 Å². The third-order valence-electron chi connectivity index (χ3n) is 5.92. The molecule has 0 radical (unpaired) electrons. The van der Waals surface area contributed by atoms with Crippen LogP contribution in [0.4, 0.5) is 22.0 Å². The van der Waals surface area contributed by atoms with Crippen LogP contribution >= 0.6 is 0 Å². The zero-order chi connectivity index (χ0) is 27.6. The van der Waals surface area contributed by atoms with Crippen molar-refractivity contribution in [3.05, 3.63) is 88.7 Å². The molecule has 0 saturated heterocycles. The molecule has 5 nitrogen and oxygen atoms in total. The molecule has 198 valence electrons. The number of hydrogen-bond acceptors (Lipinski definition) is 4. The largest absolute Gasteiger partial charge is 0.456 e. The first-order chi connectivity index (χ1) is 17.9. The lowest BCUT2D eigenvalue weighted by atomic mass is 9.99. The topological polar surface area (TPSA) is 72.2 Å². The summed E-state index contributed by atoms with van der Waals surface area (Å²) in [4.78, 5) is 28.6. The summed E-state index contributed by atoms with van der Waals surface area (Å²) in [5, 5.41) is 3.26. The number of carbonyl (C=O) groups excluding carboxylic acids is 2. The summed E-state index contributed by atoms with van der Waals surface area (Å²) in [6, 6.07) is 12.4. The van der Waals surface area contributed by atoms with Crippen molar-refractivity contribution in [1.29, 1.82) is 0 Å². The molecular formula is C28H23F5N2O3. The monoisotopic (exact) mass is 530 g/mol. The second kappa shape index (κ2) is 10.7. The maximum atomic E-state index is 13.6. The van der Waals surface area contributed by atoms with E-state index in [0.717, 1.165) is 12.1 Å². The molecule has 0 spiro atoms. The number of rotatable bonds is 8. The molecule has 2 aromatic heterocycles. The van der Waals surface area contributed by atoms with Gasteiger partial charge in [0.05, 0.1) is 5.56 Å². The summed E-state index contributed by atoms with van der Waals surface area (Å²) in [5.41, 5.74) is 0.202. The molecule has 4 aromatic rings. The number of furan rings is 1. The molecule has 1 N–H and O–H groups in total. The number of benzene rings is 2. The molecule has 0 unspecified atom stereocenters. The van der Waals surface area contributed by atoms with Gasteiger partial charge in [0.2, 0.25) is 5.91 Å². The molecule has 0 atom stereocenters. The first kappa shape index (κ1) is 27.0. The summed E-state index contributed by atoms with van der Waals surface area (Å²) < 4.78 is 71.4. The number of amides is 1. The first-order valence-electron chi connectivity index (χ1n) is 11.7. The van der Waals surface area contributed by atoms with Gasteiger partial charge in [-0.3, -0.25) is 14.6 Å². The van der Waals surface area contributed by atoms with E-state index in [9.17, 15) is 31.5 Å². The van der Waals surface area contributed by atoms with Crippen molar-refractivity contribution in [2.24, 2.45) is 5.92 Å². The van der Waals surface area contributed by atoms with Crippen LogP contribution < -0.4 is 5.32 Å². The minimum absolute atomic E-state index is 0.0432. The lowest BCUT2D eigenvalue weighted by molar-refractivity contribution is -0.137. The van der Waals surface area contributed by atoms with E-state index < -0.39 is 29.6 Å². The van der Waals surface area contributed by atoms with Crippen LogP contribution in [0.2, 0.25) is 0 Å². The number of halogens is 5. The van der Waals surface area contributed by atoms with E-state index in [1.165, 1.54) is 24.4 Å². The number of nitrogens with zero attached hydrogens (tertiary/aromatic N) is 1. The average molecular weight is 530 g/mol. The Bertz CT molecular complexity index is 1470. The van der Waals surface area contributed by atoms with E-state index in [1.807, 2.05) is 0 Å². The van der Waals surface area contributed by atoms with E-state index >= 15 is 0 Å². The number of fused-ring (bicyclic) bond motifs is 1. The highest BCUT2D eigenvalue weighted by molar-refractivity contribution is 5.99. The van der Waals surface area contributed by atoms with Crippen molar-refractivity contribution in [3.63, 3.8) is 0 Å². The molecule has 4 rings (SSSR count). The van der Waals surface area contributed by atoms with Gasteiger partial charge in [-0.2, -0.15) is 13.2 Å². The minimum Gasteiger partial charge on any atom is -0.456 e. The van der Waals surface area contributed by atoms with Gasteiger partial charge in [-0.1, -0.05) is 32.0 Å². The Balaban J connectivity index is 1.55. The van der Waals surface area contributed by atoms with Crippen molar-refractivity contribution in [3.8, 4) is 11.3 Å². The van der Waals surface area contributed by atoms with Gasteiger partial charge in [-0.25, -0.2) is 8.78 Å². The molecule has 10 heteroatoms. The van der Waals surface area contributed by atoms with Gasteiger partial charge in [0.1, 0.15) is 17.0 Å². The van der Waals surface area contributed by atoms with Gasteiger partial charge < -0.3 is 9.73 Å². The Hall–Kier alpha value is -4.08. The molecule has 2 heterocycles. The van der Waals surface area contributed by atoms with Crippen molar-refractivity contribution < 1.29 is 36.0 Å². The molecule has 0 aliphatic rings. The van der Waals surface area contributed by atoms with E-state index in [0.29, 0.717) is 33.4 Å². The highest BCUT2D eigenvalue weighted by Gasteiger charge is 2.30. The summed E-state index contributed by atoms with van der Waals surface area (Å²) >= 11 is 0. The molecular weight excluding hydrogens is 507 g/mol. The fourth-order valence-electron chi connectivity index (χ4n) is 3.85. The maximum absolute atomic E-state index is 13.6. The number of pyridine rings is 1. The van der Waals surface area contributed by atoms with Crippen LogP contribution in [-0.4, -0.2) is 16.7 Å². The van der Waals surface area contributed by atoms with Crippen molar-refractivity contribution in [2.45, 2.75) is 39.4 Å². The van der Waals surface area contributed by atoms with E-state index in [-0.39, 0.29) is 30.4 Å². The van der Waals surface area contributed by atoms with Crippen molar-refractivity contribution in [1.82, 2.24) is 10.3 Å². The number of carbonyl (C=O) groups is 2. The predicted octanol–water partition coefficient (Wildman–Crippen LogP) is 7.15. The lowest BCUT2D eigenvalue weighted by Gasteiger charge is -2.12. The van der Waals surface area contributed by atoms with Crippen LogP contribution in [0.15, 0.2) is 65.2 Å². The van der Waals surface area contributed by atoms with Crippen molar-refractivity contribution in [2.75, 3.05) is 0 Å². The summed E-state index contributed by atoms with van der Waals surface area (Å²) in [7, 11) is 0.